The molecule has 3 nitrogen and oxygen atoms in total. The molecule has 1 aliphatic carbocycles. The molecule has 3 rings (SSSR count). The fourth-order valence-electron chi connectivity index (χ4n) is 3.99. The van der Waals surface area contributed by atoms with Gasteiger partial charge in [-0.2, -0.15) is 0 Å². The molecule has 0 amide bonds. The molecule has 2 atom stereocenters. The standard InChI is InChI=1S/C22H28O3Si/c1-22(2,3)26(18-10-6-4-7-11-18,19-12-8-5-9-13-19)25-15-14-17-16-20(17)21(23)24/h4-13,17,20H,14-16H2,1-3H3,(H,23,24). The highest BCUT2D eigenvalue weighted by Crippen LogP contribution is 2.42. The molecule has 0 bridgehead atoms. The van der Waals surface area contributed by atoms with E-state index in [1.54, 1.807) is 0 Å². The van der Waals surface area contributed by atoms with Gasteiger partial charge in [-0.05, 0) is 34.2 Å². The number of hydrogen-bond acceptors (Lipinski definition) is 2. The van der Waals surface area contributed by atoms with Gasteiger partial charge in [0, 0.05) is 6.61 Å². The zero-order chi connectivity index (χ0) is 18.8. The summed E-state index contributed by atoms with van der Waals surface area (Å²) in [6.45, 7) is 7.39. The van der Waals surface area contributed by atoms with Crippen LogP contribution < -0.4 is 10.4 Å². The normalized spacial score (nSPS) is 20.0. The number of hydrogen-bond donors (Lipinski definition) is 1. The molecule has 2 unspecified atom stereocenters. The summed E-state index contributed by atoms with van der Waals surface area (Å²) < 4.78 is 6.79. The van der Waals surface area contributed by atoms with E-state index < -0.39 is 14.3 Å². The van der Waals surface area contributed by atoms with Crippen molar-refractivity contribution in [3.05, 3.63) is 60.7 Å². The van der Waals surface area contributed by atoms with Gasteiger partial charge in [0.1, 0.15) is 0 Å². The van der Waals surface area contributed by atoms with E-state index in [1.165, 1.54) is 10.4 Å². The lowest BCUT2D eigenvalue weighted by Crippen LogP contribution is -2.66. The second kappa shape index (κ2) is 7.37. The van der Waals surface area contributed by atoms with Crippen LogP contribution in [0.1, 0.15) is 33.6 Å². The first kappa shape index (κ1) is 18.9. The Morgan fingerprint density at radius 2 is 1.54 bits per heavy atom. The van der Waals surface area contributed by atoms with Crippen LogP contribution in [0.4, 0.5) is 0 Å². The van der Waals surface area contributed by atoms with Gasteiger partial charge < -0.3 is 9.53 Å². The van der Waals surface area contributed by atoms with E-state index in [-0.39, 0.29) is 16.9 Å². The van der Waals surface area contributed by atoms with Crippen molar-refractivity contribution in [3.8, 4) is 0 Å². The lowest BCUT2D eigenvalue weighted by atomic mass is 10.2. The van der Waals surface area contributed by atoms with Gasteiger partial charge >= 0.3 is 5.97 Å². The third kappa shape index (κ3) is 3.62. The molecule has 4 heteroatoms. The van der Waals surface area contributed by atoms with Crippen LogP contribution in [0.5, 0.6) is 0 Å². The monoisotopic (exact) mass is 368 g/mol. The van der Waals surface area contributed by atoms with Crippen LogP contribution in [0.15, 0.2) is 60.7 Å². The maximum atomic E-state index is 11.1. The number of carboxylic acids is 1. The Morgan fingerprint density at radius 1 is 1.04 bits per heavy atom. The zero-order valence-corrected chi connectivity index (χ0v) is 16.8. The first-order valence-corrected chi connectivity index (χ1v) is 11.2. The Balaban J connectivity index is 1.92. The lowest BCUT2D eigenvalue weighted by Gasteiger charge is -2.43. The lowest BCUT2D eigenvalue weighted by molar-refractivity contribution is -0.138. The molecule has 1 saturated carbocycles. The predicted octanol–water partition coefficient (Wildman–Crippen LogP) is 3.67. The number of benzene rings is 2. The van der Waals surface area contributed by atoms with Crippen LogP contribution in [-0.2, 0) is 9.22 Å². The Bertz CT molecular complexity index is 697. The summed E-state index contributed by atoms with van der Waals surface area (Å²) in [6, 6.07) is 21.1. The average Bonchev–Trinajstić information content (AvgIpc) is 3.39. The van der Waals surface area contributed by atoms with Gasteiger partial charge in [-0.25, -0.2) is 0 Å². The van der Waals surface area contributed by atoms with E-state index in [2.05, 4.69) is 69.3 Å². The SMILES string of the molecule is CC(C)(C)[Si](OCCC1CC1C(=O)O)(c1ccccc1)c1ccccc1. The van der Waals surface area contributed by atoms with Crippen molar-refractivity contribution in [1.82, 2.24) is 0 Å². The maximum Gasteiger partial charge on any atom is 0.306 e. The summed E-state index contributed by atoms with van der Waals surface area (Å²) >= 11 is 0. The van der Waals surface area contributed by atoms with Crippen LogP contribution in [0.25, 0.3) is 0 Å². The van der Waals surface area contributed by atoms with E-state index in [0.29, 0.717) is 6.61 Å². The summed E-state index contributed by atoms with van der Waals surface area (Å²) in [5.74, 6) is -0.566. The van der Waals surface area contributed by atoms with Gasteiger partial charge in [0.2, 0.25) is 0 Å². The summed E-state index contributed by atoms with van der Waals surface area (Å²) in [7, 11) is -2.49. The van der Waals surface area contributed by atoms with E-state index in [0.717, 1.165) is 12.8 Å². The summed E-state index contributed by atoms with van der Waals surface area (Å²) in [6.07, 6.45) is 1.61. The molecule has 1 aliphatic rings. The third-order valence-electron chi connectivity index (χ3n) is 5.46. The van der Waals surface area contributed by atoms with E-state index >= 15 is 0 Å². The van der Waals surface area contributed by atoms with Crippen molar-refractivity contribution in [2.75, 3.05) is 6.61 Å². The van der Waals surface area contributed by atoms with Crippen LogP contribution in [0, 0.1) is 11.8 Å². The topological polar surface area (TPSA) is 46.5 Å². The Labute approximate surface area is 157 Å². The highest BCUT2D eigenvalue weighted by atomic mass is 28.4. The minimum atomic E-state index is -2.49. The van der Waals surface area contributed by atoms with Gasteiger partial charge in [0.05, 0.1) is 5.92 Å². The summed E-state index contributed by atoms with van der Waals surface area (Å²) in [5.41, 5.74) is 0. The number of carboxylic acid groups (broad SMARTS) is 1. The molecule has 0 spiro atoms. The van der Waals surface area contributed by atoms with Crippen molar-refractivity contribution in [2.45, 2.75) is 38.7 Å². The van der Waals surface area contributed by atoms with Crippen molar-refractivity contribution in [3.63, 3.8) is 0 Å². The molecule has 1 fully saturated rings. The molecule has 26 heavy (non-hydrogen) atoms. The largest absolute Gasteiger partial charge is 0.481 e. The minimum absolute atomic E-state index is 0.0363. The first-order chi connectivity index (χ1) is 12.4. The van der Waals surface area contributed by atoms with E-state index in [4.69, 9.17) is 9.53 Å². The second-order valence-corrected chi connectivity index (χ2v) is 12.5. The predicted molar refractivity (Wildman–Crippen MR) is 107 cm³/mol. The van der Waals surface area contributed by atoms with Gasteiger partial charge in [-0.3, -0.25) is 4.79 Å². The molecule has 138 valence electrons. The molecule has 0 aliphatic heterocycles. The van der Waals surface area contributed by atoms with Crippen molar-refractivity contribution in [2.24, 2.45) is 11.8 Å². The Kier molecular flexibility index (Phi) is 5.35. The first-order valence-electron chi connectivity index (χ1n) is 9.34. The van der Waals surface area contributed by atoms with Gasteiger partial charge in [0.15, 0.2) is 0 Å². The van der Waals surface area contributed by atoms with Crippen molar-refractivity contribution in [1.29, 1.82) is 0 Å². The fourth-order valence-corrected chi connectivity index (χ4v) is 8.57. The number of rotatable bonds is 7. The number of carbonyl (C=O) groups is 1. The van der Waals surface area contributed by atoms with Crippen LogP contribution >= 0.6 is 0 Å². The van der Waals surface area contributed by atoms with Crippen LogP contribution in [-0.4, -0.2) is 26.0 Å². The zero-order valence-electron chi connectivity index (χ0n) is 15.8. The molecular formula is C22H28O3Si. The van der Waals surface area contributed by atoms with Crippen molar-refractivity contribution < 1.29 is 14.3 Å². The summed E-state index contributed by atoms with van der Waals surface area (Å²) in [5, 5.41) is 11.6. The molecule has 2 aromatic carbocycles. The highest BCUT2D eigenvalue weighted by Gasteiger charge is 2.50. The number of aliphatic carboxylic acids is 1. The minimum Gasteiger partial charge on any atom is -0.481 e. The third-order valence-corrected chi connectivity index (χ3v) is 10.5. The van der Waals surface area contributed by atoms with E-state index in [1.807, 2.05) is 12.1 Å². The molecule has 2 aromatic rings. The van der Waals surface area contributed by atoms with Crippen LogP contribution in [0.3, 0.4) is 0 Å². The van der Waals surface area contributed by atoms with E-state index in [9.17, 15) is 4.79 Å². The average molecular weight is 369 g/mol. The molecule has 0 saturated heterocycles. The van der Waals surface area contributed by atoms with Gasteiger partial charge in [0.25, 0.3) is 8.32 Å². The Morgan fingerprint density at radius 3 is 1.92 bits per heavy atom. The second-order valence-electron chi connectivity index (χ2n) is 8.24. The van der Waals surface area contributed by atoms with Crippen molar-refractivity contribution >= 4 is 24.7 Å². The quantitative estimate of drug-likeness (QED) is 0.759. The maximum absolute atomic E-state index is 11.1. The fraction of sp³-hybridized carbons (Fsp3) is 0.409. The molecule has 0 aromatic heterocycles. The summed E-state index contributed by atoms with van der Waals surface area (Å²) in [4.78, 5) is 11.1. The van der Waals surface area contributed by atoms with Crippen LogP contribution in [0.2, 0.25) is 5.04 Å². The molecular weight excluding hydrogens is 340 g/mol. The van der Waals surface area contributed by atoms with Gasteiger partial charge in [-0.1, -0.05) is 81.4 Å². The smallest absolute Gasteiger partial charge is 0.306 e. The Hall–Kier alpha value is -1.91. The molecule has 0 heterocycles. The highest BCUT2D eigenvalue weighted by molar-refractivity contribution is 6.99. The van der Waals surface area contributed by atoms with Gasteiger partial charge in [-0.15, -0.1) is 0 Å². The molecule has 1 N–H and O–H groups in total. The molecule has 0 radical (unpaired) electrons.